The molecule has 0 bridgehead atoms. The maximum absolute atomic E-state index is 6.75. The van der Waals surface area contributed by atoms with Crippen LogP contribution in [0.2, 0.25) is 0 Å². The summed E-state index contributed by atoms with van der Waals surface area (Å²) in [6, 6.07) is 68.1. The number of para-hydroxylation sites is 2. The molecule has 11 rings (SSSR count). The van der Waals surface area contributed by atoms with Gasteiger partial charge in [-0.3, -0.25) is 0 Å². The Kier molecular flexibility index (Phi) is 6.76. The van der Waals surface area contributed by atoms with Crippen molar-refractivity contribution in [3.05, 3.63) is 188 Å². The van der Waals surface area contributed by atoms with Gasteiger partial charge in [-0.2, -0.15) is 0 Å². The van der Waals surface area contributed by atoms with Crippen LogP contribution in [0.15, 0.2) is 192 Å². The Balaban J connectivity index is 1.23. The Hall–Kier alpha value is -6.68. The predicted octanol–water partition coefficient (Wildman–Crippen LogP) is 15.1. The van der Waals surface area contributed by atoms with Crippen molar-refractivity contribution >= 4 is 92.1 Å². The lowest BCUT2D eigenvalue weighted by Gasteiger charge is -2.28. The summed E-state index contributed by atoms with van der Waals surface area (Å²) in [6.45, 7) is 0. The Morgan fingerprint density at radius 2 is 1.08 bits per heavy atom. The molecule has 0 fully saturated rings. The molecule has 2 nitrogen and oxygen atoms in total. The van der Waals surface area contributed by atoms with Crippen LogP contribution in [0.3, 0.4) is 0 Å². The van der Waals surface area contributed by atoms with Crippen LogP contribution in [0, 0.1) is 0 Å². The third-order valence-corrected chi connectivity index (χ3v) is 11.8. The maximum Gasteiger partial charge on any atom is 0.159 e. The largest absolute Gasteiger partial charge is 0.454 e. The first-order valence-corrected chi connectivity index (χ1v) is 18.8. The second-order valence-electron chi connectivity index (χ2n) is 13.7. The third-order valence-electron chi connectivity index (χ3n) is 10.6. The fourth-order valence-electron chi connectivity index (χ4n) is 8.21. The van der Waals surface area contributed by atoms with Gasteiger partial charge in [-0.25, -0.2) is 0 Å². The number of hydrogen-bond acceptors (Lipinski definition) is 3. The zero-order chi connectivity index (χ0) is 34.9. The van der Waals surface area contributed by atoms with E-state index < -0.39 is 0 Å². The highest BCUT2D eigenvalue weighted by atomic mass is 32.1. The van der Waals surface area contributed by atoms with Crippen molar-refractivity contribution in [1.82, 2.24) is 0 Å². The Bertz CT molecular complexity index is 3190. The van der Waals surface area contributed by atoms with Crippen molar-refractivity contribution in [2.45, 2.75) is 0 Å². The number of rotatable bonds is 5. The van der Waals surface area contributed by atoms with Gasteiger partial charge in [0.1, 0.15) is 5.58 Å². The van der Waals surface area contributed by atoms with Crippen molar-refractivity contribution in [2.24, 2.45) is 0 Å². The minimum absolute atomic E-state index is 0.866. The summed E-state index contributed by atoms with van der Waals surface area (Å²) in [5.41, 5.74) is 9.65. The van der Waals surface area contributed by atoms with E-state index in [1.54, 1.807) is 0 Å². The zero-order valence-corrected chi connectivity index (χ0v) is 29.5. The molecule has 0 atom stereocenters. The molecular formula is C50H31NOS. The maximum atomic E-state index is 6.75. The van der Waals surface area contributed by atoms with E-state index in [0.717, 1.165) is 39.0 Å². The summed E-state index contributed by atoms with van der Waals surface area (Å²) in [7, 11) is 0. The minimum atomic E-state index is 0.866. The molecule has 0 aliphatic heterocycles. The second-order valence-corrected chi connectivity index (χ2v) is 14.7. The van der Waals surface area contributed by atoms with Crippen LogP contribution in [-0.2, 0) is 0 Å². The molecule has 53 heavy (non-hydrogen) atoms. The second kappa shape index (κ2) is 11.9. The first-order chi connectivity index (χ1) is 26.3. The van der Waals surface area contributed by atoms with Crippen LogP contribution in [0.25, 0.3) is 85.9 Å². The summed E-state index contributed by atoms with van der Waals surface area (Å²) < 4.78 is 9.36. The van der Waals surface area contributed by atoms with Gasteiger partial charge in [-0.15, -0.1) is 11.3 Å². The molecule has 0 saturated heterocycles. The molecule has 0 aliphatic rings. The molecule has 0 spiro atoms. The lowest BCUT2D eigenvalue weighted by atomic mass is 9.92. The van der Waals surface area contributed by atoms with Crippen molar-refractivity contribution in [3.63, 3.8) is 0 Å². The van der Waals surface area contributed by atoms with Gasteiger partial charge in [0.15, 0.2) is 5.58 Å². The monoisotopic (exact) mass is 693 g/mol. The number of hydrogen-bond donors (Lipinski definition) is 0. The van der Waals surface area contributed by atoms with E-state index in [4.69, 9.17) is 4.42 Å². The molecule has 2 heterocycles. The molecule has 0 unspecified atom stereocenters. The van der Waals surface area contributed by atoms with E-state index in [2.05, 4.69) is 187 Å². The molecule has 3 heteroatoms. The van der Waals surface area contributed by atoms with E-state index >= 15 is 0 Å². The Morgan fingerprint density at radius 3 is 1.96 bits per heavy atom. The Morgan fingerprint density at radius 1 is 0.377 bits per heavy atom. The standard InChI is InChI=1S/C50H31NOS/c1-2-13-32(14-3-1)37-27-26-35(31-43(37)34-25-28-49-44(29-34)41-20-9-11-24-48(41)53-49)51(45-22-12-21-42-40-19-8-10-23-47(40)52-50(42)45)46-30-33-15-4-5-16-36(33)38-17-6-7-18-39(38)46/h1-31H. The number of anilines is 3. The normalized spacial score (nSPS) is 11.8. The van der Waals surface area contributed by atoms with E-state index in [-0.39, 0.29) is 0 Å². The Labute approximate surface area is 310 Å². The molecule has 0 N–H and O–H groups in total. The highest BCUT2D eigenvalue weighted by Crippen LogP contribution is 2.48. The van der Waals surface area contributed by atoms with Crippen molar-refractivity contribution in [2.75, 3.05) is 4.90 Å². The molecule has 248 valence electrons. The van der Waals surface area contributed by atoms with Crippen LogP contribution in [0.4, 0.5) is 17.1 Å². The summed E-state index contributed by atoms with van der Waals surface area (Å²) in [6.07, 6.45) is 0. The van der Waals surface area contributed by atoms with Gasteiger partial charge < -0.3 is 9.32 Å². The SMILES string of the molecule is c1ccc(-c2ccc(N(c3cc4ccccc4c4ccccc34)c3cccc4c3oc3ccccc34)cc2-c2ccc3sc4ccccc4c3c2)cc1. The lowest BCUT2D eigenvalue weighted by molar-refractivity contribution is 0.669. The van der Waals surface area contributed by atoms with Crippen LogP contribution in [0.5, 0.6) is 0 Å². The van der Waals surface area contributed by atoms with Gasteiger partial charge >= 0.3 is 0 Å². The van der Waals surface area contributed by atoms with Crippen molar-refractivity contribution in [3.8, 4) is 22.3 Å². The average molecular weight is 694 g/mol. The number of fused-ring (bicyclic) bond motifs is 9. The highest BCUT2D eigenvalue weighted by molar-refractivity contribution is 7.25. The summed E-state index contributed by atoms with van der Waals surface area (Å²) in [5, 5.41) is 9.64. The molecule has 11 aromatic rings. The van der Waals surface area contributed by atoms with Gasteiger partial charge in [0, 0.05) is 42.0 Å². The molecule has 2 aromatic heterocycles. The van der Waals surface area contributed by atoms with E-state index in [1.165, 1.54) is 64.0 Å². The number of thiophene rings is 1. The number of furan rings is 1. The molecule has 9 aromatic carbocycles. The molecule has 0 amide bonds. The smallest absolute Gasteiger partial charge is 0.159 e. The van der Waals surface area contributed by atoms with Crippen LogP contribution in [0.1, 0.15) is 0 Å². The highest BCUT2D eigenvalue weighted by Gasteiger charge is 2.23. The summed E-state index contributed by atoms with van der Waals surface area (Å²) in [5.74, 6) is 0. The first kappa shape index (κ1) is 30.0. The number of benzene rings is 9. The van der Waals surface area contributed by atoms with Crippen LogP contribution >= 0.6 is 11.3 Å². The van der Waals surface area contributed by atoms with Gasteiger partial charge in [0.05, 0.1) is 11.4 Å². The first-order valence-electron chi connectivity index (χ1n) is 18.0. The fourth-order valence-corrected chi connectivity index (χ4v) is 9.30. The van der Waals surface area contributed by atoms with E-state index in [0.29, 0.717) is 0 Å². The van der Waals surface area contributed by atoms with Crippen molar-refractivity contribution in [1.29, 1.82) is 0 Å². The van der Waals surface area contributed by atoms with Crippen molar-refractivity contribution < 1.29 is 4.42 Å². The van der Waals surface area contributed by atoms with Gasteiger partial charge in [-0.1, -0.05) is 140 Å². The molecule has 0 radical (unpaired) electrons. The van der Waals surface area contributed by atoms with Gasteiger partial charge in [0.2, 0.25) is 0 Å². The average Bonchev–Trinajstić information content (AvgIpc) is 3.80. The quantitative estimate of drug-likeness (QED) is 0.167. The topological polar surface area (TPSA) is 16.4 Å². The molecular weight excluding hydrogens is 663 g/mol. The van der Waals surface area contributed by atoms with Crippen LogP contribution in [-0.4, -0.2) is 0 Å². The van der Waals surface area contributed by atoms with E-state index in [1.807, 2.05) is 17.4 Å². The summed E-state index contributed by atoms with van der Waals surface area (Å²) >= 11 is 1.85. The minimum Gasteiger partial charge on any atom is -0.454 e. The van der Waals surface area contributed by atoms with Crippen LogP contribution < -0.4 is 4.90 Å². The third kappa shape index (κ3) is 4.78. The predicted molar refractivity (Wildman–Crippen MR) is 227 cm³/mol. The van der Waals surface area contributed by atoms with Gasteiger partial charge in [0.25, 0.3) is 0 Å². The molecule has 0 saturated carbocycles. The fraction of sp³-hybridized carbons (Fsp3) is 0. The number of nitrogens with zero attached hydrogens (tertiary/aromatic N) is 1. The lowest BCUT2D eigenvalue weighted by Crippen LogP contribution is -2.11. The summed E-state index contributed by atoms with van der Waals surface area (Å²) in [4.78, 5) is 2.41. The zero-order valence-electron chi connectivity index (χ0n) is 28.7. The molecule has 0 aliphatic carbocycles. The van der Waals surface area contributed by atoms with E-state index in [9.17, 15) is 0 Å². The van der Waals surface area contributed by atoms with Gasteiger partial charge in [-0.05, 0) is 86.9 Å².